The first-order valence-electron chi connectivity index (χ1n) is 4.56. The largest absolute Gasteiger partial charge is 0.218 e. The van der Waals surface area contributed by atoms with Crippen LogP contribution in [0.5, 0.6) is 0 Å². The summed E-state index contributed by atoms with van der Waals surface area (Å²) in [6.07, 6.45) is 0. The minimum Gasteiger partial charge on any atom is -0.218 e. The third kappa shape index (κ3) is 1.01. The fourth-order valence-electron chi connectivity index (χ4n) is 1.88. The second kappa shape index (κ2) is 2.70. The number of hydrogen-bond acceptors (Lipinski definition) is 2. The maximum Gasteiger partial charge on any atom is 0.207 e. The van der Waals surface area contributed by atoms with Crippen LogP contribution in [0, 0.1) is 6.07 Å². The molecule has 0 aliphatic carbocycles. The molecule has 0 saturated carbocycles. The fraction of sp³-hybridized carbons (Fsp3) is 0. The Morgan fingerprint density at radius 3 is 2.53 bits per heavy atom. The van der Waals surface area contributed by atoms with E-state index in [0.29, 0.717) is 15.4 Å². The third-order valence-corrected chi connectivity index (χ3v) is 4.41. The second-order valence-corrected chi connectivity index (χ2v) is 5.30. The van der Waals surface area contributed by atoms with E-state index in [1.165, 1.54) is 0 Å². The first-order chi connectivity index (χ1) is 7.21. The van der Waals surface area contributed by atoms with Crippen LogP contribution < -0.4 is 0 Å². The second-order valence-electron chi connectivity index (χ2n) is 3.41. The Balaban J connectivity index is 2.53. The van der Waals surface area contributed by atoms with Crippen molar-refractivity contribution >= 4 is 9.84 Å². The Labute approximate surface area is 88.1 Å². The Bertz CT molecular complexity index is 591. The first kappa shape index (κ1) is 8.68. The molecule has 2 nitrogen and oxygen atoms in total. The van der Waals surface area contributed by atoms with Crippen LogP contribution in [-0.4, -0.2) is 8.42 Å². The van der Waals surface area contributed by atoms with Gasteiger partial charge >= 0.3 is 0 Å². The zero-order valence-electron chi connectivity index (χ0n) is 7.77. The molecule has 0 atom stereocenters. The maximum atomic E-state index is 12.1. The highest BCUT2D eigenvalue weighted by molar-refractivity contribution is 7.92. The lowest BCUT2D eigenvalue weighted by atomic mass is 10.1. The van der Waals surface area contributed by atoms with Gasteiger partial charge in [0, 0.05) is 11.1 Å². The smallest absolute Gasteiger partial charge is 0.207 e. The molecule has 0 bridgehead atoms. The minimum absolute atomic E-state index is 0.367. The number of rotatable bonds is 0. The highest BCUT2D eigenvalue weighted by Gasteiger charge is 2.31. The van der Waals surface area contributed by atoms with Crippen molar-refractivity contribution in [3.05, 3.63) is 48.5 Å². The van der Waals surface area contributed by atoms with Crippen molar-refractivity contribution in [1.29, 1.82) is 0 Å². The van der Waals surface area contributed by atoms with E-state index in [2.05, 4.69) is 6.07 Å². The summed E-state index contributed by atoms with van der Waals surface area (Å²) in [6, 6.07) is 15.1. The maximum absolute atomic E-state index is 12.1. The molecule has 3 heteroatoms. The van der Waals surface area contributed by atoms with Gasteiger partial charge in [0.05, 0.1) is 9.79 Å². The molecule has 15 heavy (non-hydrogen) atoms. The van der Waals surface area contributed by atoms with Crippen LogP contribution in [0.15, 0.2) is 52.3 Å². The van der Waals surface area contributed by atoms with Gasteiger partial charge in [0.15, 0.2) is 0 Å². The van der Waals surface area contributed by atoms with Crippen LogP contribution in [0.25, 0.3) is 11.1 Å². The molecule has 3 rings (SSSR count). The van der Waals surface area contributed by atoms with Crippen molar-refractivity contribution in [3.8, 4) is 11.1 Å². The molecule has 0 amide bonds. The average molecular weight is 215 g/mol. The van der Waals surface area contributed by atoms with Gasteiger partial charge in [-0.2, -0.15) is 0 Å². The normalized spacial score (nSPS) is 15.7. The van der Waals surface area contributed by atoms with Crippen LogP contribution >= 0.6 is 0 Å². The van der Waals surface area contributed by atoms with Gasteiger partial charge in [-0.1, -0.05) is 30.3 Å². The van der Waals surface area contributed by atoms with E-state index in [1.54, 1.807) is 30.3 Å². The lowest BCUT2D eigenvalue weighted by molar-refractivity contribution is 0.598. The standard InChI is InChI=1S/C12H7O2S/c13-15(14)11-7-3-1-5-9(11)10-6-2-4-8-12(10)15/h1-5,7-8H. The van der Waals surface area contributed by atoms with Crippen molar-refractivity contribution in [3.63, 3.8) is 0 Å². The number of benzene rings is 2. The van der Waals surface area contributed by atoms with Crippen LogP contribution in [0.4, 0.5) is 0 Å². The van der Waals surface area contributed by atoms with Gasteiger partial charge in [-0.15, -0.1) is 0 Å². The SMILES string of the molecule is O=S1(=O)c2ccc[c]c2-c2ccccc21. The molecule has 73 valence electrons. The summed E-state index contributed by atoms with van der Waals surface area (Å²) in [5, 5.41) is 0. The minimum atomic E-state index is -3.30. The highest BCUT2D eigenvalue weighted by Crippen LogP contribution is 2.41. The summed E-state index contributed by atoms with van der Waals surface area (Å²) in [5.74, 6) is 0. The van der Waals surface area contributed by atoms with E-state index in [9.17, 15) is 8.42 Å². The molecule has 0 N–H and O–H groups in total. The molecule has 1 radical (unpaired) electrons. The summed E-state index contributed by atoms with van der Waals surface area (Å²) < 4.78 is 24.1. The first-order valence-corrected chi connectivity index (χ1v) is 6.05. The third-order valence-electron chi connectivity index (χ3n) is 2.55. The Kier molecular flexibility index (Phi) is 1.56. The van der Waals surface area contributed by atoms with Gasteiger partial charge in [-0.25, -0.2) is 8.42 Å². The number of fused-ring (bicyclic) bond motifs is 3. The monoisotopic (exact) mass is 215 g/mol. The molecular formula is C12H7O2S. The zero-order chi connectivity index (χ0) is 10.5. The molecule has 1 aliphatic rings. The topological polar surface area (TPSA) is 34.1 Å². The number of hydrogen-bond donors (Lipinski definition) is 0. The predicted octanol–water partition coefficient (Wildman–Crippen LogP) is 2.30. The van der Waals surface area contributed by atoms with Gasteiger partial charge < -0.3 is 0 Å². The van der Waals surface area contributed by atoms with Gasteiger partial charge in [-0.05, 0) is 18.2 Å². The summed E-state index contributed by atoms with van der Waals surface area (Å²) >= 11 is 0. The molecule has 1 aliphatic heterocycles. The lowest BCUT2D eigenvalue weighted by Crippen LogP contribution is -1.95. The van der Waals surface area contributed by atoms with Gasteiger partial charge in [0.1, 0.15) is 0 Å². The van der Waals surface area contributed by atoms with Crippen LogP contribution in [-0.2, 0) is 9.84 Å². The van der Waals surface area contributed by atoms with E-state index in [-0.39, 0.29) is 0 Å². The van der Waals surface area contributed by atoms with Crippen molar-refractivity contribution in [2.75, 3.05) is 0 Å². The molecule has 0 unspecified atom stereocenters. The molecule has 1 heterocycles. The predicted molar refractivity (Wildman–Crippen MR) is 56.2 cm³/mol. The van der Waals surface area contributed by atoms with Crippen molar-refractivity contribution in [2.24, 2.45) is 0 Å². The Morgan fingerprint density at radius 1 is 0.933 bits per heavy atom. The molecule has 0 fully saturated rings. The Morgan fingerprint density at radius 2 is 1.67 bits per heavy atom. The van der Waals surface area contributed by atoms with Crippen LogP contribution in [0.1, 0.15) is 0 Å². The summed E-state index contributed by atoms with van der Waals surface area (Å²) in [5.41, 5.74) is 1.45. The lowest BCUT2D eigenvalue weighted by Gasteiger charge is -1.95. The van der Waals surface area contributed by atoms with E-state index >= 15 is 0 Å². The van der Waals surface area contributed by atoms with Crippen molar-refractivity contribution < 1.29 is 8.42 Å². The van der Waals surface area contributed by atoms with E-state index in [4.69, 9.17) is 0 Å². The van der Waals surface area contributed by atoms with Gasteiger partial charge in [-0.3, -0.25) is 0 Å². The van der Waals surface area contributed by atoms with E-state index in [1.807, 2.05) is 12.1 Å². The van der Waals surface area contributed by atoms with Crippen LogP contribution in [0.2, 0.25) is 0 Å². The molecule has 0 aromatic heterocycles. The van der Waals surface area contributed by atoms with E-state index < -0.39 is 9.84 Å². The fourth-order valence-corrected chi connectivity index (χ4v) is 3.53. The summed E-state index contributed by atoms with van der Waals surface area (Å²) in [6.45, 7) is 0. The molecular weight excluding hydrogens is 208 g/mol. The zero-order valence-corrected chi connectivity index (χ0v) is 8.58. The van der Waals surface area contributed by atoms with Crippen molar-refractivity contribution in [1.82, 2.24) is 0 Å². The molecule has 2 aromatic carbocycles. The molecule has 2 aromatic rings. The number of sulfone groups is 1. The molecule has 0 spiro atoms. The average Bonchev–Trinajstić information content (AvgIpc) is 2.51. The summed E-state index contributed by atoms with van der Waals surface area (Å²) in [7, 11) is -3.30. The Hall–Kier alpha value is -1.61. The van der Waals surface area contributed by atoms with Gasteiger partial charge in [0.2, 0.25) is 9.84 Å². The van der Waals surface area contributed by atoms with E-state index in [0.717, 1.165) is 5.56 Å². The van der Waals surface area contributed by atoms with Crippen molar-refractivity contribution in [2.45, 2.75) is 9.79 Å². The highest BCUT2D eigenvalue weighted by atomic mass is 32.2. The quantitative estimate of drug-likeness (QED) is 0.576. The summed E-state index contributed by atoms with van der Waals surface area (Å²) in [4.78, 5) is 0.758. The van der Waals surface area contributed by atoms with Gasteiger partial charge in [0.25, 0.3) is 0 Å². The van der Waals surface area contributed by atoms with Crippen LogP contribution in [0.3, 0.4) is 0 Å². The molecule has 0 saturated heterocycles.